The molecule has 1 saturated heterocycles. The summed E-state index contributed by atoms with van der Waals surface area (Å²) in [5.74, 6) is 0. The van der Waals surface area contributed by atoms with Crippen molar-refractivity contribution in [1.82, 2.24) is 10.2 Å². The molecule has 1 N–H and O–H groups in total. The largest absolute Gasteiger partial charge is 0.366 e. The van der Waals surface area contributed by atoms with Crippen LogP contribution in [0.15, 0.2) is 0 Å². The lowest BCUT2D eigenvalue weighted by molar-refractivity contribution is 0.0983. The third-order valence-electron chi connectivity index (χ3n) is 1.74. The van der Waals surface area contributed by atoms with Gasteiger partial charge >= 0.3 is 0 Å². The predicted molar refractivity (Wildman–Crippen MR) is 47.0 cm³/mol. The number of likely N-dealkylation sites (tertiary alicyclic amines) is 1. The van der Waals surface area contributed by atoms with Gasteiger partial charge in [0.25, 0.3) is 0 Å². The number of nitrogens with one attached hydrogen (secondary N) is 1. The SMILES string of the molecule is CNC(=S)N1CC(C)(C)C1. The van der Waals surface area contributed by atoms with Crippen LogP contribution in [0.2, 0.25) is 0 Å². The Bertz CT molecular complexity index is 146. The molecule has 0 aromatic rings. The molecule has 0 atom stereocenters. The van der Waals surface area contributed by atoms with E-state index >= 15 is 0 Å². The first-order valence-electron chi connectivity index (χ1n) is 3.52. The average molecular weight is 158 g/mol. The molecule has 0 bridgehead atoms. The summed E-state index contributed by atoms with van der Waals surface area (Å²) in [6.45, 7) is 6.68. The topological polar surface area (TPSA) is 15.3 Å². The molecule has 0 unspecified atom stereocenters. The third kappa shape index (κ3) is 1.40. The number of nitrogens with zero attached hydrogens (tertiary/aromatic N) is 1. The van der Waals surface area contributed by atoms with Gasteiger partial charge in [-0.15, -0.1) is 0 Å². The van der Waals surface area contributed by atoms with Gasteiger partial charge in [-0.2, -0.15) is 0 Å². The second-order valence-corrected chi connectivity index (χ2v) is 3.96. The molecule has 0 aliphatic carbocycles. The fraction of sp³-hybridized carbons (Fsp3) is 0.857. The van der Waals surface area contributed by atoms with Gasteiger partial charge in [-0.25, -0.2) is 0 Å². The van der Waals surface area contributed by atoms with E-state index in [0.29, 0.717) is 5.41 Å². The highest BCUT2D eigenvalue weighted by Gasteiger charge is 2.34. The van der Waals surface area contributed by atoms with E-state index in [9.17, 15) is 0 Å². The Morgan fingerprint density at radius 1 is 1.50 bits per heavy atom. The minimum absolute atomic E-state index is 0.473. The summed E-state index contributed by atoms with van der Waals surface area (Å²) in [4.78, 5) is 2.18. The number of thiocarbonyl (C=S) groups is 1. The molecule has 10 heavy (non-hydrogen) atoms. The Morgan fingerprint density at radius 3 is 2.30 bits per heavy atom. The van der Waals surface area contributed by atoms with Crippen LogP contribution in [-0.2, 0) is 0 Å². The molecule has 0 spiro atoms. The normalized spacial score (nSPS) is 21.7. The van der Waals surface area contributed by atoms with Crippen LogP contribution in [0.25, 0.3) is 0 Å². The summed E-state index contributed by atoms with van der Waals surface area (Å²) in [6, 6.07) is 0. The van der Waals surface area contributed by atoms with Gasteiger partial charge in [0, 0.05) is 20.1 Å². The zero-order valence-electron chi connectivity index (χ0n) is 6.77. The number of hydrogen-bond acceptors (Lipinski definition) is 1. The summed E-state index contributed by atoms with van der Waals surface area (Å²) in [5, 5.41) is 3.84. The summed E-state index contributed by atoms with van der Waals surface area (Å²) >= 11 is 5.05. The smallest absolute Gasteiger partial charge is 0.168 e. The fourth-order valence-corrected chi connectivity index (χ4v) is 1.42. The molecule has 0 radical (unpaired) electrons. The van der Waals surface area contributed by atoms with Crippen LogP contribution in [-0.4, -0.2) is 30.1 Å². The van der Waals surface area contributed by atoms with Gasteiger partial charge in [0.15, 0.2) is 5.11 Å². The molecule has 1 rings (SSSR count). The van der Waals surface area contributed by atoms with Crippen molar-refractivity contribution < 1.29 is 0 Å². The lowest BCUT2D eigenvalue weighted by atomic mass is 9.85. The van der Waals surface area contributed by atoms with E-state index in [4.69, 9.17) is 12.2 Å². The summed E-state index contributed by atoms with van der Waals surface area (Å²) in [7, 11) is 1.87. The maximum Gasteiger partial charge on any atom is 0.168 e. The molecular formula is C7H14N2S. The molecule has 1 heterocycles. The van der Waals surface area contributed by atoms with Crippen LogP contribution < -0.4 is 5.32 Å². The first-order chi connectivity index (χ1) is 4.55. The van der Waals surface area contributed by atoms with E-state index in [0.717, 1.165) is 18.2 Å². The minimum atomic E-state index is 0.473. The van der Waals surface area contributed by atoms with E-state index in [1.54, 1.807) is 0 Å². The number of hydrogen-bond donors (Lipinski definition) is 1. The van der Waals surface area contributed by atoms with Crippen molar-refractivity contribution in [2.24, 2.45) is 5.41 Å². The summed E-state index contributed by atoms with van der Waals surface area (Å²) in [5.41, 5.74) is 0.473. The second-order valence-electron chi connectivity index (χ2n) is 3.58. The van der Waals surface area contributed by atoms with Crippen molar-refractivity contribution in [3.05, 3.63) is 0 Å². The molecule has 2 nitrogen and oxygen atoms in total. The lowest BCUT2D eigenvalue weighted by Crippen LogP contribution is -2.57. The number of rotatable bonds is 0. The van der Waals surface area contributed by atoms with Crippen LogP contribution in [0.5, 0.6) is 0 Å². The monoisotopic (exact) mass is 158 g/mol. The van der Waals surface area contributed by atoms with Gasteiger partial charge in [-0.1, -0.05) is 13.8 Å². The van der Waals surface area contributed by atoms with Gasteiger partial charge in [0.2, 0.25) is 0 Å². The molecule has 0 amide bonds. The molecule has 0 aromatic heterocycles. The molecule has 58 valence electrons. The van der Waals surface area contributed by atoms with Crippen LogP contribution >= 0.6 is 12.2 Å². The Balaban J connectivity index is 2.33. The van der Waals surface area contributed by atoms with Crippen molar-refractivity contribution >= 4 is 17.3 Å². The Labute approximate surface area is 67.6 Å². The summed E-state index contributed by atoms with van der Waals surface area (Å²) in [6.07, 6.45) is 0. The maximum atomic E-state index is 5.05. The first kappa shape index (κ1) is 7.79. The van der Waals surface area contributed by atoms with Gasteiger partial charge in [-0.05, 0) is 17.6 Å². The molecule has 1 aliphatic rings. The molecular weight excluding hydrogens is 144 g/mol. The zero-order valence-corrected chi connectivity index (χ0v) is 7.59. The molecule has 0 saturated carbocycles. The standard InChI is InChI=1S/C7H14N2S/c1-7(2)4-9(5-7)6(10)8-3/h4-5H2,1-3H3,(H,8,10). The van der Waals surface area contributed by atoms with Crippen molar-refractivity contribution in [2.45, 2.75) is 13.8 Å². The van der Waals surface area contributed by atoms with Crippen molar-refractivity contribution in [3.63, 3.8) is 0 Å². The van der Waals surface area contributed by atoms with Crippen molar-refractivity contribution in [3.8, 4) is 0 Å². The van der Waals surface area contributed by atoms with Crippen LogP contribution in [0, 0.1) is 5.41 Å². The van der Waals surface area contributed by atoms with Crippen molar-refractivity contribution in [1.29, 1.82) is 0 Å². The van der Waals surface area contributed by atoms with E-state index in [2.05, 4.69) is 24.1 Å². The van der Waals surface area contributed by atoms with Crippen molar-refractivity contribution in [2.75, 3.05) is 20.1 Å². The quantitative estimate of drug-likeness (QED) is 0.526. The van der Waals surface area contributed by atoms with Gasteiger partial charge < -0.3 is 10.2 Å². The minimum Gasteiger partial charge on any atom is -0.366 e. The Hall–Kier alpha value is -0.310. The Morgan fingerprint density at radius 2 is 2.00 bits per heavy atom. The van der Waals surface area contributed by atoms with Crippen LogP contribution in [0.3, 0.4) is 0 Å². The predicted octanol–water partition coefficient (Wildman–Crippen LogP) is 0.833. The van der Waals surface area contributed by atoms with Crippen LogP contribution in [0.1, 0.15) is 13.8 Å². The van der Waals surface area contributed by atoms with Gasteiger partial charge in [0.05, 0.1) is 0 Å². The highest BCUT2D eigenvalue weighted by molar-refractivity contribution is 7.80. The van der Waals surface area contributed by atoms with E-state index in [1.807, 2.05) is 7.05 Å². The Kier molecular flexibility index (Phi) is 1.86. The second kappa shape index (κ2) is 2.38. The molecule has 3 heteroatoms. The van der Waals surface area contributed by atoms with Gasteiger partial charge in [0.1, 0.15) is 0 Å². The highest BCUT2D eigenvalue weighted by atomic mass is 32.1. The molecule has 1 fully saturated rings. The zero-order chi connectivity index (χ0) is 7.78. The van der Waals surface area contributed by atoms with Crippen LogP contribution in [0.4, 0.5) is 0 Å². The van der Waals surface area contributed by atoms with Gasteiger partial charge in [-0.3, -0.25) is 0 Å². The summed E-state index contributed by atoms with van der Waals surface area (Å²) < 4.78 is 0. The lowest BCUT2D eigenvalue weighted by Gasteiger charge is -2.46. The third-order valence-corrected chi connectivity index (χ3v) is 2.20. The molecule has 0 aromatic carbocycles. The first-order valence-corrected chi connectivity index (χ1v) is 3.93. The fourth-order valence-electron chi connectivity index (χ4n) is 1.29. The molecule has 1 aliphatic heterocycles. The highest BCUT2D eigenvalue weighted by Crippen LogP contribution is 2.28. The van der Waals surface area contributed by atoms with E-state index < -0.39 is 0 Å². The maximum absolute atomic E-state index is 5.05. The average Bonchev–Trinajstić information content (AvgIpc) is 1.81. The van der Waals surface area contributed by atoms with E-state index in [1.165, 1.54) is 0 Å². The van der Waals surface area contributed by atoms with E-state index in [-0.39, 0.29) is 0 Å².